The third-order valence-electron chi connectivity index (χ3n) is 3.88. The van der Waals surface area contributed by atoms with E-state index in [9.17, 15) is 9.90 Å². The van der Waals surface area contributed by atoms with Crippen LogP contribution in [0, 0.1) is 6.92 Å². The standard InChI is InChI=1S/C17H19N3O3/c1-3-13-11(2)19-20-15(13)18-16(21)14(17(20)22)9-10-23-12-7-5-4-6-8-12/h4-8,22H,3,9-10H2,1-2H3,(H,18,21). The summed E-state index contributed by atoms with van der Waals surface area (Å²) in [5.74, 6) is 0.607. The zero-order valence-electron chi connectivity index (χ0n) is 13.2. The number of hydrogen-bond acceptors (Lipinski definition) is 4. The monoisotopic (exact) mass is 313 g/mol. The molecular weight excluding hydrogens is 294 g/mol. The zero-order valence-corrected chi connectivity index (χ0v) is 13.2. The number of aromatic nitrogens is 3. The second-order valence-corrected chi connectivity index (χ2v) is 5.35. The molecule has 3 rings (SSSR count). The summed E-state index contributed by atoms with van der Waals surface area (Å²) in [6, 6.07) is 9.35. The normalized spacial score (nSPS) is 11.0. The number of H-pyrrole nitrogens is 1. The molecule has 0 saturated heterocycles. The molecular formula is C17H19N3O3. The number of aryl methyl sites for hydroxylation is 2. The Kier molecular flexibility index (Phi) is 4.06. The van der Waals surface area contributed by atoms with Gasteiger partial charge in [-0.05, 0) is 25.5 Å². The fourth-order valence-corrected chi connectivity index (χ4v) is 2.69. The summed E-state index contributed by atoms with van der Waals surface area (Å²) in [7, 11) is 0. The average Bonchev–Trinajstić information content (AvgIpc) is 2.87. The molecule has 0 saturated carbocycles. The van der Waals surface area contributed by atoms with E-state index < -0.39 is 0 Å². The van der Waals surface area contributed by atoms with Crippen LogP contribution in [-0.4, -0.2) is 26.3 Å². The molecule has 23 heavy (non-hydrogen) atoms. The third kappa shape index (κ3) is 2.79. The maximum Gasteiger partial charge on any atom is 0.258 e. The molecule has 0 spiro atoms. The number of ether oxygens (including phenoxy) is 1. The molecule has 0 fully saturated rings. The molecule has 1 aromatic carbocycles. The van der Waals surface area contributed by atoms with Gasteiger partial charge in [0.2, 0.25) is 5.88 Å². The number of hydrogen-bond donors (Lipinski definition) is 2. The zero-order chi connectivity index (χ0) is 16.4. The topological polar surface area (TPSA) is 79.6 Å². The Labute approximate surface area is 133 Å². The van der Waals surface area contributed by atoms with Crippen molar-refractivity contribution < 1.29 is 9.84 Å². The molecule has 0 radical (unpaired) electrons. The van der Waals surface area contributed by atoms with Gasteiger partial charge in [-0.2, -0.15) is 9.61 Å². The number of aromatic amines is 1. The number of fused-ring (bicyclic) bond motifs is 1. The molecule has 0 aliphatic rings. The van der Waals surface area contributed by atoms with Crippen molar-refractivity contribution in [2.24, 2.45) is 0 Å². The summed E-state index contributed by atoms with van der Waals surface area (Å²) >= 11 is 0. The molecule has 3 aromatic rings. The van der Waals surface area contributed by atoms with Crippen molar-refractivity contribution in [1.29, 1.82) is 0 Å². The Bertz CT molecular complexity index is 881. The van der Waals surface area contributed by atoms with Crippen LogP contribution in [0.25, 0.3) is 5.65 Å². The fourth-order valence-electron chi connectivity index (χ4n) is 2.69. The first-order valence-electron chi connectivity index (χ1n) is 7.62. The van der Waals surface area contributed by atoms with Gasteiger partial charge in [0.15, 0.2) is 0 Å². The Hall–Kier alpha value is -2.76. The molecule has 0 atom stereocenters. The minimum absolute atomic E-state index is 0.122. The second-order valence-electron chi connectivity index (χ2n) is 5.35. The van der Waals surface area contributed by atoms with E-state index in [1.165, 1.54) is 4.52 Å². The summed E-state index contributed by atoms with van der Waals surface area (Å²) < 4.78 is 6.98. The van der Waals surface area contributed by atoms with Gasteiger partial charge >= 0.3 is 0 Å². The SMILES string of the molecule is CCc1c(C)nn2c(O)c(CCOc3ccccc3)c(=O)[nH]c12. The highest BCUT2D eigenvalue weighted by atomic mass is 16.5. The molecule has 0 unspecified atom stereocenters. The van der Waals surface area contributed by atoms with Crippen LogP contribution < -0.4 is 10.3 Å². The van der Waals surface area contributed by atoms with E-state index >= 15 is 0 Å². The van der Waals surface area contributed by atoms with Gasteiger partial charge in [-0.3, -0.25) is 4.79 Å². The minimum Gasteiger partial charge on any atom is -0.493 e. The summed E-state index contributed by atoms with van der Waals surface area (Å²) in [4.78, 5) is 15.1. The van der Waals surface area contributed by atoms with E-state index in [0.717, 1.165) is 23.4 Å². The minimum atomic E-state index is -0.304. The molecule has 6 nitrogen and oxygen atoms in total. The first-order valence-corrected chi connectivity index (χ1v) is 7.62. The molecule has 0 amide bonds. The van der Waals surface area contributed by atoms with Crippen molar-refractivity contribution in [1.82, 2.24) is 14.6 Å². The number of benzene rings is 1. The van der Waals surface area contributed by atoms with Gasteiger partial charge in [-0.25, -0.2) is 0 Å². The van der Waals surface area contributed by atoms with E-state index in [0.29, 0.717) is 18.7 Å². The lowest BCUT2D eigenvalue weighted by Crippen LogP contribution is -2.18. The quantitative estimate of drug-likeness (QED) is 0.757. The first kappa shape index (κ1) is 15.1. The summed E-state index contributed by atoms with van der Waals surface area (Å²) in [5.41, 5.74) is 2.26. The van der Waals surface area contributed by atoms with E-state index in [1.807, 2.05) is 44.2 Å². The van der Waals surface area contributed by atoms with Crippen LogP contribution in [0.5, 0.6) is 11.6 Å². The lowest BCUT2D eigenvalue weighted by Gasteiger charge is -2.08. The van der Waals surface area contributed by atoms with Gasteiger partial charge in [0.25, 0.3) is 5.56 Å². The number of rotatable bonds is 5. The van der Waals surface area contributed by atoms with Crippen molar-refractivity contribution in [3.05, 3.63) is 57.5 Å². The highest BCUT2D eigenvalue weighted by Gasteiger charge is 2.17. The maximum absolute atomic E-state index is 12.3. The smallest absolute Gasteiger partial charge is 0.258 e. The largest absolute Gasteiger partial charge is 0.493 e. The number of nitrogens with one attached hydrogen (secondary N) is 1. The van der Waals surface area contributed by atoms with Gasteiger partial charge in [0.05, 0.1) is 17.9 Å². The molecule has 2 heterocycles. The Morgan fingerprint density at radius 1 is 1.26 bits per heavy atom. The Balaban J connectivity index is 1.88. The van der Waals surface area contributed by atoms with Gasteiger partial charge in [-0.1, -0.05) is 25.1 Å². The lowest BCUT2D eigenvalue weighted by molar-refractivity contribution is 0.317. The summed E-state index contributed by atoms with van der Waals surface area (Å²) in [6.45, 7) is 4.15. The van der Waals surface area contributed by atoms with Crippen LogP contribution in [-0.2, 0) is 12.8 Å². The van der Waals surface area contributed by atoms with Crippen molar-refractivity contribution >= 4 is 5.65 Å². The van der Waals surface area contributed by atoms with Crippen LogP contribution in [0.3, 0.4) is 0 Å². The highest BCUT2D eigenvalue weighted by molar-refractivity contribution is 5.52. The molecule has 2 N–H and O–H groups in total. The van der Waals surface area contributed by atoms with E-state index in [2.05, 4.69) is 10.1 Å². The van der Waals surface area contributed by atoms with Crippen LogP contribution >= 0.6 is 0 Å². The van der Waals surface area contributed by atoms with Gasteiger partial charge in [-0.15, -0.1) is 0 Å². The van der Waals surface area contributed by atoms with Gasteiger partial charge in [0, 0.05) is 12.0 Å². The van der Waals surface area contributed by atoms with E-state index in [-0.39, 0.29) is 17.0 Å². The van der Waals surface area contributed by atoms with Crippen LogP contribution in [0.4, 0.5) is 0 Å². The molecule has 0 bridgehead atoms. The second kappa shape index (κ2) is 6.16. The molecule has 2 aromatic heterocycles. The van der Waals surface area contributed by atoms with E-state index in [1.54, 1.807) is 0 Å². The van der Waals surface area contributed by atoms with E-state index in [4.69, 9.17) is 4.74 Å². The van der Waals surface area contributed by atoms with Gasteiger partial charge in [0.1, 0.15) is 11.4 Å². The molecule has 0 aliphatic heterocycles. The molecule has 120 valence electrons. The van der Waals surface area contributed by atoms with Crippen molar-refractivity contribution in [3.8, 4) is 11.6 Å². The number of aromatic hydroxyl groups is 1. The van der Waals surface area contributed by atoms with Crippen LogP contribution in [0.15, 0.2) is 35.1 Å². The van der Waals surface area contributed by atoms with Crippen molar-refractivity contribution in [3.63, 3.8) is 0 Å². The lowest BCUT2D eigenvalue weighted by atomic mass is 10.2. The number of para-hydroxylation sites is 1. The Morgan fingerprint density at radius 2 is 2.00 bits per heavy atom. The molecule has 6 heteroatoms. The predicted octanol–water partition coefficient (Wildman–Crippen LogP) is 2.22. The van der Waals surface area contributed by atoms with Crippen molar-refractivity contribution in [2.45, 2.75) is 26.7 Å². The fraction of sp³-hybridized carbons (Fsp3) is 0.294. The molecule has 0 aliphatic carbocycles. The predicted molar refractivity (Wildman–Crippen MR) is 87.2 cm³/mol. The first-order chi connectivity index (χ1) is 11.1. The van der Waals surface area contributed by atoms with Crippen LogP contribution in [0.2, 0.25) is 0 Å². The highest BCUT2D eigenvalue weighted by Crippen LogP contribution is 2.20. The van der Waals surface area contributed by atoms with Gasteiger partial charge < -0.3 is 14.8 Å². The third-order valence-corrected chi connectivity index (χ3v) is 3.88. The summed E-state index contributed by atoms with van der Waals surface area (Å²) in [5, 5.41) is 14.7. The average molecular weight is 313 g/mol. The maximum atomic E-state index is 12.3. The number of nitrogens with zero attached hydrogens (tertiary/aromatic N) is 2. The van der Waals surface area contributed by atoms with Crippen LogP contribution in [0.1, 0.15) is 23.7 Å². The Morgan fingerprint density at radius 3 is 2.70 bits per heavy atom. The van der Waals surface area contributed by atoms with Crippen molar-refractivity contribution in [2.75, 3.05) is 6.61 Å². The summed E-state index contributed by atoms with van der Waals surface area (Å²) in [6.07, 6.45) is 1.04.